The highest BCUT2D eigenvalue weighted by Crippen LogP contribution is 2.48. The predicted molar refractivity (Wildman–Crippen MR) is 119 cm³/mol. The van der Waals surface area contributed by atoms with E-state index in [2.05, 4.69) is 6.92 Å². The number of benzene rings is 1. The maximum absolute atomic E-state index is 15.6. The van der Waals surface area contributed by atoms with Gasteiger partial charge in [0.25, 0.3) is 0 Å². The van der Waals surface area contributed by atoms with Gasteiger partial charge in [-0.1, -0.05) is 39.0 Å². The molecule has 2 fully saturated rings. The first-order valence-electron chi connectivity index (χ1n) is 12.6. The normalized spacial score (nSPS) is 31.3. The number of ether oxygens (including phenoxy) is 1. The van der Waals surface area contributed by atoms with E-state index < -0.39 is 0 Å². The minimum absolute atomic E-state index is 0.0578. The Morgan fingerprint density at radius 2 is 1.77 bits per heavy atom. The number of rotatable bonds is 7. The van der Waals surface area contributed by atoms with Gasteiger partial charge in [0.15, 0.2) is 0 Å². The number of fused-ring (bicyclic) bond motifs is 2. The van der Waals surface area contributed by atoms with E-state index in [1.807, 2.05) is 7.11 Å². The molecule has 0 radical (unpaired) electrons. The summed E-state index contributed by atoms with van der Waals surface area (Å²) in [6, 6.07) is 1.71. The summed E-state index contributed by atoms with van der Waals surface area (Å²) in [5.74, 6) is 1.48. The molecule has 168 valence electrons. The molecule has 5 atom stereocenters. The first-order chi connectivity index (χ1) is 14.6. The fourth-order valence-corrected chi connectivity index (χ4v) is 6.74. The van der Waals surface area contributed by atoms with Crippen LogP contribution in [0.5, 0.6) is 0 Å². The number of hydrogen-bond donors (Lipinski definition) is 0. The fourth-order valence-electron chi connectivity index (χ4n) is 6.74. The zero-order valence-corrected chi connectivity index (χ0v) is 19.0. The van der Waals surface area contributed by atoms with Gasteiger partial charge in [-0.25, -0.2) is 8.78 Å². The quantitative estimate of drug-likeness (QED) is 0.411. The first-order valence-corrected chi connectivity index (χ1v) is 12.6. The summed E-state index contributed by atoms with van der Waals surface area (Å²) >= 11 is 0. The number of methoxy groups -OCH3 is 1. The Morgan fingerprint density at radius 1 is 0.967 bits per heavy atom. The second kappa shape index (κ2) is 10.1. The highest BCUT2D eigenvalue weighted by Gasteiger charge is 2.38. The van der Waals surface area contributed by atoms with Crippen LogP contribution in [0.4, 0.5) is 8.78 Å². The minimum atomic E-state index is -0.271. The Labute approximate surface area is 182 Å². The SMILES string of the molecule is CCCCCCC1CCc2c(cc(F)c(C3CCC4CC(OC)CCC4C3)c2F)C1. The fraction of sp³-hybridized carbons (Fsp3) is 0.778. The van der Waals surface area contributed by atoms with E-state index in [4.69, 9.17) is 4.74 Å². The van der Waals surface area contributed by atoms with Crippen LogP contribution in [0.1, 0.15) is 107 Å². The third kappa shape index (κ3) is 4.76. The summed E-state index contributed by atoms with van der Waals surface area (Å²) in [7, 11) is 1.81. The summed E-state index contributed by atoms with van der Waals surface area (Å²) in [6.45, 7) is 2.23. The third-order valence-electron chi connectivity index (χ3n) is 8.53. The molecule has 3 aliphatic carbocycles. The average Bonchev–Trinajstić information content (AvgIpc) is 2.76. The summed E-state index contributed by atoms with van der Waals surface area (Å²) in [5.41, 5.74) is 2.21. The molecule has 0 N–H and O–H groups in total. The molecule has 4 rings (SSSR count). The van der Waals surface area contributed by atoms with Gasteiger partial charge in [0.2, 0.25) is 0 Å². The molecule has 0 heterocycles. The van der Waals surface area contributed by atoms with Crippen molar-refractivity contribution in [3.05, 3.63) is 34.4 Å². The van der Waals surface area contributed by atoms with Crippen molar-refractivity contribution in [3.63, 3.8) is 0 Å². The van der Waals surface area contributed by atoms with Crippen LogP contribution in [0.3, 0.4) is 0 Å². The zero-order valence-electron chi connectivity index (χ0n) is 19.0. The zero-order chi connectivity index (χ0) is 21.1. The summed E-state index contributed by atoms with van der Waals surface area (Å²) in [6.07, 6.45) is 15.7. The predicted octanol–water partition coefficient (Wildman–Crippen LogP) is 7.74. The molecule has 1 aromatic rings. The Bertz CT molecular complexity index is 715. The summed E-state index contributed by atoms with van der Waals surface area (Å²) < 4.78 is 36.3. The highest BCUT2D eigenvalue weighted by molar-refractivity contribution is 5.39. The van der Waals surface area contributed by atoms with E-state index in [9.17, 15) is 0 Å². The van der Waals surface area contributed by atoms with E-state index in [0.717, 1.165) is 68.9 Å². The highest BCUT2D eigenvalue weighted by atomic mass is 19.1. The maximum Gasteiger partial charge on any atom is 0.133 e. The van der Waals surface area contributed by atoms with Gasteiger partial charge in [-0.3, -0.25) is 0 Å². The van der Waals surface area contributed by atoms with Crippen molar-refractivity contribution in [2.75, 3.05) is 7.11 Å². The lowest BCUT2D eigenvalue weighted by atomic mass is 9.65. The van der Waals surface area contributed by atoms with Crippen molar-refractivity contribution >= 4 is 0 Å². The van der Waals surface area contributed by atoms with Crippen LogP contribution >= 0.6 is 0 Å². The molecule has 30 heavy (non-hydrogen) atoms. The van der Waals surface area contributed by atoms with Crippen molar-refractivity contribution in [2.24, 2.45) is 17.8 Å². The van der Waals surface area contributed by atoms with Gasteiger partial charge in [0, 0.05) is 12.7 Å². The largest absolute Gasteiger partial charge is 0.381 e. The molecule has 0 saturated heterocycles. The van der Waals surface area contributed by atoms with Crippen molar-refractivity contribution in [3.8, 4) is 0 Å². The smallest absolute Gasteiger partial charge is 0.133 e. The molecule has 0 aromatic heterocycles. The van der Waals surface area contributed by atoms with Crippen LogP contribution in [-0.2, 0) is 17.6 Å². The van der Waals surface area contributed by atoms with Gasteiger partial charge in [-0.05, 0) is 98.7 Å². The second-order valence-electron chi connectivity index (χ2n) is 10.4. The second-order valence-corrected chi connectivity index (χ2v) is 10.4. The third-order valence-corrected chi connectivity index (χ3v) is 8.53. The van der Waals surface area contributed by atoms with Gasteiger partial charge >= 0.3 is 0 Å². The first kappa shape index (κ1) is 22.2. The van der Waals surface area contributed by atoms with Gasteiger partial charge in [-0.2, -0.15) is 0 Å². The van der Waals surface area contributed by atoms with Crippen LogP contribution in [0, 0.1) is 29.4 Å². The van der Waals surface area contributed by atoms with E-state index in [1.165, 1.54) is 32.1 Å². The molecule has 0 bridgehead atoms. The van der Waals surface area contributed by atoms with Crippen LogP contribution < -0.4 is 0 Å². The molecule has 5 unspecified atom stereocenters. The molecule has 3 aliphatic rings. The molecule has 0 amide bonds. The topological polar surface area (TPSA) is 9.23 Å². The maximum atomic E-state index is 15.6. The van der Waals surface area contributed by atoms with E-state index in [-0.39, 0.29) is 17.6 Å². The van der Waals surface area contributed by atoms with Crippen LogP contribution in [0.15, 0.2) is 6.07 Å². The summed E-state index contributed by atoms with van der Waals surface area (Å²) in [5, 5.41) is 0. The lowest BCUT2D eigenvalue weighted by Gasteiger charge is -2.42. The molecular formula is C27H40F2O. The van der Waals surface area contributed by atoms with Crippen molar-refractivity contribution < 1.29 is 13.5 Å². The number of hydrogen-bond acceptors (Lipinski definition) is 1. The monoisotopic (exact) mass is 418 g/mol. The van der Waals surface area contributed by atoms with Gasteiger partial charge in [-0.15, -0.1) is 0 Å². The Hall–Kier alpha value is -0.960. The molecule has 1 nitrogen and oxygen atoms in total. The molecule has 3 heteroatoms. The standard InChI is InChI=1S/C27H40F2O/c1-3-4-5-6-7-18-8-13-24-22(14-18)17-25(28)26(27(24)29)21-10-9-20-16-23(30-2)12-11-19(20)15-21/h17-21,23H,3-16H2,1-2H3. The molecule has 1 aromatic carbocycles. The van der Waals surface area contributed by atoms with Gasteiger partial charge in [0.05, 0.1) is 6.10 Å². The van der Waals surface area contributed by atoms with E-state index >= 15 is 8.78 Å². The molecule has 0 spiro atoms. The molecular weight excluding hydrogens is 378 g/mol. The van der Waals surface area contributed by atoms with Crippen LogP contribution in [0.25, 0.3) is 0 Å². The summed E-state index contributed by atoms with van der Waals surface area (Å²) in [4.78, 5) is 0. The average molecular weight is 419 g/mol. The lowest BCUT2D eigenvalue weighted by Crippen LogP contribution is -2.33. The Morgan fingerprint density at radius 3 is 2.57 bits per heavy atom. The van der Waals surface area contributed by atoms with Crippen molar-refractivity contribution in [2.45, 2.75) is 109 Å². The van der Waals surface area contributed by atoms with E-state index in [0.29, 0.717) is 29.4 Å². The lowest BCUT2D eigenvalue weighted by molar-refractivity contribution is 0.0119. The van der Waals surface area contributed by atoms with Crippen molar-refractivity contribution in [1.82, 2.24) is 0 Å². The minimum Gasteiger partial charge on any atom is -0.381 e. The van der Waals surface area contributed by atoms with Crippen molar-refractivity contribution in [1.29, 1.82) is 0 Å². The molecule has 2 saturated carbocycles. The Kier molecular flexibility index (Phi) is 7.49. The van der Waals surface area contributed by atoms with Gasteiger partial charge < -0.3 is 4.74 Å². The molecule has 0 aliphatic heterocycles. The number of unbranched alkanes of at least 4 members (excludes halogenated alkanes) is 3. The number of halogens is 2. The van der Waals surface area contributed by atoms with Crippen LogP contribution in [0.2, 0.25) is 0 Å². The Balaban J connectivity index is 1.44. The van der Waals surface area contributed by atoms with Crippen LogP contribution in [-0.4, -0.2) is 13.2 Å². The van der Waals surface area contributed by atoms with Gasteiger partial charge in [0.1, 0.15) is 11.6 Å². The van der Waals surface area contributed by atoms with E-state index in [1.54, 1.807) is 6.07 Å².